The van der Waals surface area contributed by atoms with E-state index >= 15 is 0 Å². The minimum absolute atomic E-state index is 0.155. The summed E-state index contributed by atoms with van der Waals surface area (Å²) < 4.78 is 31.1. The highest BCUT2D eigenvalue weighted by molar-refractivity contribution is 7.92. The fourth-order valence-corrected chi connectivity index (χ4v) is 2.81. The number of benzene rings is 1. The summed E-state index contributed by atoms with van der Waals surface area (Å²) in [5.41, 5.74) is 0.765. The molecule has 1 N–H and O–H groups in total. The van der Waals surface area contributed by atoms with Crippen molar-refractivity contribution in [3.05, 3.63) is 41.3 Å². The van der Waals surface area contributed by atoms with Crippen LogP contribution in [0.5, 0.6) is 0 Å². The number of methoxy groups -OCH3 is 1. The molecule has 1 aromatic carbocycles. The number of hydrogen-bond acceptors (Lipinski definition) is 4. The first kappa shape index (κ1) is 17.4. The van der Waals surface area contributed by atoms with Crippen molar-refractivity contribution in [3.63, 3.8) is 0 Å². The van der Waals surface area contributed by atoms with E-state index in [4.69, 9.17) is 0 Å². The highest BCUT2D eigenvalue weighted by atomic mass is 32.2. The predicted octanol–water partition coefficient (Wildman–Crippen LogP) is 2.16. The van der Waals surface area contributed by atoms with Gasteiger partial charge in [0.15, 0.2) is 0 Å². The summed E-state index contributed by atoms with van der Waals surface area (Å²) in [7, 11) is -2.48. The van der Waals surface area contributed by atoms with E-state index in [-0.39, 0.29) is 5.92 Å². The van der Waals surface area contributed by atoms with Gasteiger partial charge in [0, 0.05) is 5.41 Å². The molecule has 0 bridgehead atoms. The Morgan fingerprint density at radius 2 is 1.95 bits per heavy atom. The van der Waals surface area contributed by atoms with Gasteiger partial charge in [-0.15, -0.1) is 0 Å². The summed E-state index contributed by atoms with van der Waals surface area (Å²) in [6, 6.07) is 8.18. The first-order valence-corrected chi connectivity index (χ1v) is 8.27. The summed E-state index contributed by atoms with van der Waals surface area (Å²) in [6.45, 7) is 3.68. The van der Waals surface area contributed by atoms with Crippen LogP contribution in [0, 0.1) is 5.92 Å². The fourth-order valence-electron chi connectivity index (χ4n) is 1.71. The molecule has 0 spiro atoms. The Balaban J connectivity index is 2.86. The topological polar surface area (TPSA) is 72.5 Å². The third-order valence-corrected chi connectivity index (χ3v) is 4.28. The number of carbonyl (C=O) groups is 1. The van der Waals surface area contributed by atoms with Crippen molar-refractivity contribution in [1.82, 2.24) is 4.72 Å². The van der Waals surface area contributed by atoms with Gasteiger partial charge < -0.3 is 4.74 Å². The molecule has 0 aliphatic carbocycles. The molecule has 0 amide bonds. The van der Waals surface area contributed by atoms with Crippen LogP contribution in [0.3, 0.4) is 0 Å². The number of rotatable bonds is 7. The van der Waals surface area contributed by atoms with Gasteiger partial charge in [-0.05, 0) is 17.6 Å². The molecule has 5 nitrogen and oxygen atoms in total. The van der Waals surface area contributed by atoms with E-state index in [2.05, 4.69) is 9.46 Å². The summed E-state index contributed by atoms with van der Waals surface area (Å²) in [5, 5.41) is 1.06. The molecule has 0 unspecified atom stereocenters. The van der Waals surface area contributed by atoms with Gasteiger partial charge in [-0.2, -0.15) is 4.72 Å². The predicted molar refractivity (Wildman–Crippen MR) is 82.8 cm³/mol. The van der Waals surface area contributed by atoms with Crippen molar-refractivity contribution in [2.45, 2.75) is 26.3 Å². The number of esters is 1. The number of nitrogens with one attached hydrogen (secondary N) is 1. The normalized spacial score (nSPS) is 14.8. The molecule has 116 valence electrons. The van der Waals surface area contributed by atoms with Gasteiger partial charge in [-0.3, -0.25) is 4.79 Å². The van der Waals surface area contributed by atoms with Crippen molar-refractivity contribution in [3.8, 4) is 0 Å². The fraction of sp³-hybridized carbons (Fsp3) is 0.400. The number of hydrogen-bond donors (Lipinski definition) is 1. The minimum Gasteiger partial charge on any atom is -0.468 e. The van der Waals surface area contributed by atoms with Crippen LogP contribution in [0.2, 0.25) is 0 Å². The smallest absolute Gasteiger partial charge is 0.324 e. The van der Waals surface area contributed by atoms with Gasteiger partial charge in [0.1, 0.15) is 6.04 Å². The molecule has 0 heterocycles. The SMILES string of the molecule is CC[C@@H](C)[C@H](NS(=O)(=O)/C=C/c1ccccc1)C(=O)OC. The van der Waals surface area contributed by atoms with E-state index < -0.39 is 22.0 Å². The lowest BCUT2D eigenvalue weighted by Gasteiger charge is -2.20. The van der Waals surface area contributed by atoms with E-state index in [0.717, 1.165) is 11.0 Å². The second-order valence-corrected chi connectivity index (χ2v) is 6.36. The monoisotopic (exact) mass is 311 g/mol. The maximum absolute atomic E-state index is 12.0. The quantitative estimate of drug-likeness (QED) is 0.783. The minimum atomic E-state index is -3.72. The zero-order valence-corrected chi connectivity index (χ0v) is 13.3. The molecule has 1 rings (SSSR count). The molecule has 0 radical (unpaired) electrons. The van der Waals surface area contributed by atoms with E-state index in [1.807, 2.05) is 25.1 Å². The lowest BCUT2D eigenvalue weighted by molar-refractivity contribution is -0.143. The van der Waals surface area contributed by atoms with Crippen molar-refractivity contribution in [1.29, 1.82) is 0 Å². The maximum atomic E-state index is 12.0. The highest BCUT2D eigenvalue weighted by Gasteiger charge is 2.28. The number of sulfonamides is 1. The Hall–Kier alpha value is -1.66. The lowest BCUT2D eigenvalue weighted by Crippen LogP contribution is -2.44. The zero-order chi connectivity index (χ0) is 15.9. The second kappa shape index (κ2) is 7.95. The molecule has 1 aromatic rings. The van der Waals surface area contributed by atoms with Crippen LogP contribution in [0.25, 0.3) is 6.08 Å². The highest BCUT2D eigenvalue weighted by Crippen LogP contribution is 2.11. The maximum Gasteiger partial charge on any atom is 0.324 e. The van der Waals surface area contributed by atoms with Gasteiger partial charge in [0.2, 0.25) is 10.0 Å². The Bertz CT molecular complexity index is 581. The molecule has 0 saturated heterocycles. The Kier molecular flexibility index (Phi) is 6.58. The van der Waals surface area contributed by atoms with Gasteiger partial charge in [0.25, 0.3) is 0 Å². The first-order valence-electron chi connectivity index (χ1n) is 6.73. The molecule has 2 atom stereocenters. The third kappa shape index (κ3) is 5.69. The third-order valence-electron chi connectivity index (χ3n) is 3.20. The van der Waals surface area contributed by atoms with Crippen LogP contribution in [-0.4, -0.2) is 27.5 Å². The summed E-state index contributed by atoms with van der Waals surface area (Å²) in [6.07, 6.45) is 2.14. The molecule has 0 fully saturated rings. The van der Waals surface area contributed by atoms with Crippen molar-refractivity contribution >= 4 is 22.1 Å². The summed E-state index contributed by atoms with van der Waals surface area (Å²) >= 11 is 0. The molecule has 0 aliphatic rings. The Morgan fingerprint density at radius 3 is 2.48 bits per heavy atom. The van der Waals surface area contributed by atoms with Crippen LogP contribution < -0.4 is 4.72 Å². The van der Waals surface area contributed by atoms with Crippen LogP contribution >= 0.6 is 0 Å². The van der Waals surface area contributed by atoms with E-state index in [9.17, 15) is 13.2 Å². The van der Waals surface area contributed by atoms with Crippen LogP contribution in [0.1, 0.15) is 25.8 Å². The van der Waals surface area contributed by atoms with Gasteiger partial charge in [-0.25, -0.2) is 8.42 Å². The number of ether oxygens (including phenoxy) is 1. The molecular weight excluding hydrogens is 290 g/mol. The zero-order valence-electron chi connectivity index (χ0n) is 12.4. The second-order valence-electron chi connectivity index (χ2n) is 4.76. The molecule has 6 heteroatoms. The van der Waals surface area contributed by atoms with Crippen molar-refractivity contribution in [2.75, 3.05) is 7.11 Å². The van der Waals surface area contributed by atoms with Crippen LogP contribution in [0.4, 0.5) is 0 Å². The van der Waals surface area contributed by atoms with E-state index in [0.29, 0.717) is 6.42 Å². The largest absolute Gasteiger partial charge is 0.468 e. The Morgan fingerprint density at radius 1 is 1.33 bits per heavy atom. The van der Waals surface area contributed by atoms with Crippen LogP contribution in [0.15, 0.2) is 35.7 Å². The summed E-state index contributed by atoms with van der Waals surface area (Å²) in [4.78, 5) is 11.7. The Labute approximate surface area is 126 Å². The van der Waals surface area contributed by atoms with Crippen molar-refractivity contribution < 1.29 is 17.9 Å². The molecule has 21 heavy (non-hydrogen) atoms. The first-order chi connectivity index (χ1) is 9.89. The van der Waals surface area contributed by atoms with Gasteiger partial charge in [-0.1, -0.05) is 50.6 Å². The lowest BCUT2D eigenvalue weighted by atomic mass is 10.0. The van der Waals surface area contributed by atoms with Crippen molar-refractivity contribution in [2.24, 2.45) is 5.92 Å². The number of carbonyl (C=O) groups excluding carboxylic acids is 1. The van der Waals surface area contributed by atoms with Gasteiger partial charge in [0.05, 0.1) is 7.11 Å². The molecule has 0 aromatic heterocycles. The van der Waals surface area contributed by atoms with E-state index in [1.54, 1.807) is 19.1 Å². The average Bonchev–Trinajstić information content (AvgIpc) is 2.50. The molecule has 0 saturated carbocycles. The molecular formula is C15H21NO4S. The average molecular weight is 311 g/mol. The van der Waals surface area contributed by atoms with Gasteiger partial charge >= 0.3 is 5.97 Å². The molecule has 0 aliphatic heterocycles. The standard InChI is InChI=1S/C15H21NO4S/c1-4-12(2)14(15(17)20-3)16-21(18,19)11-10-13-8-6-5-7-9-13/h5-12,14,16H,4H2,1-3H3/b11-10+/t12-,14+/m1/s1. The van der Waals surface area contributed by atoms with E-state index in [1.165, 1.54) is 13.2 Å². The van der Waals surface area contributed by atoms with Crippen LogP contribution in [-0.2, 0) is 19.6 Å². The summed E-state index contributed by atoms with van der Waals surface area (Å²) in [5.74, 6) is -0.738.